The van der Waals surface area contributed by atoms with E-state index in [9.17, 15) is 18.0 Å². The summed E-state index contributed by atoms with van der Waals surface area (Å²) in [5.41, 5.74) is 1.60. The lowest BCUT2D eigenvalue weighted by molar-refractivity contribution is -0.274. The van der Waals surface area contributed by atoms with E-state index < -0.39 is 12.1 Å². The van der Waals surface area contributed by atoms with E-state index in [1.807, 2.05) is 13.8 Å². The normalized spacial score (nSPS) is 19.8. The molecule has 0 N–H and O–H groups in total. The summed E-state index contributed by atoms with van der Waals surface area (Å²) in [6, 6.07) is 9.27. The van der Waals surface area contributed by atoms with Crippen LogP contribution in [-0.4, -0.2) is 51.0 Å². The van der Waals surface area contributed by atoms with Crippen LogP contribution in [0.2, 0.25) is 0 Å². The Balaban J connectivity index is 1.63. The highest BCUT2D eigenvalue weighted by Gasteiger charge is 2.36. The zero-order valence-corrected chi connectivity index (χ0v) is 20.5. The van der Waals surface area contributed by atoms with E-state index in [0.717, 1.165) is 12.0 Å². The van der Waals surface area contributed by atoms with Crippen molar-refractivity contribution in [2.24, 2.45) is 7.05 Å². The van der Waals surface area contributed by atoms with Crippen LogP contribution in [0, 0.1) is 6.57 Å². The van der Waals surface area contributed by atoms with Gasteiger partial charge < -0.3 is 14.5 Å². The summed E-state index contributed by atoms with van der Waals surface area (Å²) in [4.78, 5) is 29.2. The number of halogens is 3. The average Bonchev–Trinajstić information content (AvgIpc) is 2.85. The summed E-state index contributed by atoms with van der Waals surface area (Å²) in [6.45, 7) is 14.7. The number of aryl methyl sites for hydroxylation is 1. The monoisotopic (exact) mass is 500 g/mol. The molecule has 1 unspecified atom stereocenters. The molecule has 3 heterocycles. The number of hydrogen-bond donors (Lipinski definition) is 0. The van der Waals surface area contributed by atoms with Gasteiger partial charge in [0.05, 0.1) is 5.52 Å². The van der Waals surface area contributed by atoms with Gasteiger partial charge in [-0.25, -0.2) is 4.79 Å². The van der Waals surface area contributed by atoms with Crippen LogP contribution < -0.4 is 15.3 Å². The van der Waals surface area contributed by atoms with Crippen molar-refractivity contribution in [2.45, 2.75) is 51.7 Å². The van der Waals surface area contributed by atoms with Gasteiger partial charge in [-0.05, 0) is 50.1 Å². The first-order valence-corrected chi connectivity index (χ1v) is 11.7. The third-order valence-corrected chi connectivity index (χ3v) is 6.76. The van der Waals surface area contributed by atoms with Crippen molar-refractivity contribution in [3.63, 3.8) is 0 Å². The van der Waals surface area contributed by atoms with E-state index in [1.54, 1.807) is 31.3 Å². The Bertz CT molecular complexity index is 1350. The molecule has 0 bridgehead atoms. The fourth-order valence-corrected chi connectivity index (χ4v) is 4.80. The van der Waals surface area contributed by atoms with Crippen molar-refractivity contribution in [1.82, 2.24) is 19.4 Å². The van der Waals surface area contributed by atoms with Crippen LogP contribution in [0.3, 0.4) is 0 Å². The van der Waals surface area contributed by atoms with E-state index in [-0.39, 0.29) is 29.7 Å². The Morgan fingerprint density at radius 3 is 2.47 bits per heavy atom. The first-order chi connectivity index (χ1) is 17.0. The Kier molecular flexibility index (Phi) is 6.91. The largest absolute Gasteiger partial charge is 0.573 e. The number of ether oxygens (including phenoxy) is 1. The van der Waals surface area contributed by atoms with Crippen LogP contribution >= 0.6 is 0 Å². The van der Waals surface area contributed by atoms with E-state index in [4.69, 9.17) is 6.57 Å². The van der Waals surface area contributed by atoms with Gasteiger partial charge in [-0.1, -0.05) is 25.6 Å². The second kappa shape index (κ2) is 9.78. The molecular formula is C25H27F3N6O2. The zero-order valence-electron chi connectivity index (χ0n) is 20.5. The number of piperazine rings is 1. The number of rotatable bonds is 5. The Labute approximate surface area is 206 Å². The van der Waals surface area contributed by atoms with E-state index in [2.05, 4.69) is 36.3 Å². The van der Waals surface area contributed by atoms with Crippen molar-refractivity contribution in [3.8, 4) is 5.75 Å². The van der Waals surface area contributed by atoms with Gasteiger partial charge in [0.25, 0.3) is 5.82 Å². The molecule has 8 nitrogen and oxygen atoms in total. The van der Waals surface area contributed by atoms with Crippen molar-refractivity contribution < 1.29 is 17.9 Å². The molecule has 36 heavy (non-hydrogen) atoms. The predicted octanol–water partition coefficient (Wildman–Crippen LogP) is 4.83. The van der Waals surface area contributed by atoms with E-state index in [1.165, 1.54) is 16.7 Å². The van der Waals surface area contributed by atoms with E-state index >= 15 is 0 Å². The average molecular weight is 501 g/mol. The molecule has 3 atom stereocenters. The molecule has 2 aromatic heterocycles. The van der Waals surface area contributed by atoms with Crippen molar-refractivity contribution >= 4 is 22.7 Å². The number of anilines is 1. The number of nitrogens with zero attached hydrogens (tertiary/aromatic N) is 6. The van der Waals surface area contributed by atoms with Crippen LogP contribution in [0.15, 0.2) is 41.2 Å². The molecule has 0 spiro atoms. The number of hydrogen-bond acceptors (Lipinski definition) is 6. The quantitative estimate of drug-likeness (QED) is 0.468. The SMILES string of the molecule is [C-]#[N+]c1ccc2c(n1)c(N1C[C@@H](CC)N(C(C)c3ccc(OC(F)(F)F)cc3)C[C@@H]1C)nc(=O)n2C. The summed E-state index contributed by atoms with van der Waals surface area (Å²) in [6.07, 6.45) is -3.92. The van der Waals surface area contributed by atoms with Gasteiger partial charge in [0, 0.05) is 38.3 Å². The highest BCUT2D eigenvalue weighted by Crippen LogP contribution is 2.34. The molecule has 11 heteroatoms. The highest BCUT2D eigenvalue weighted by molar-refractivity contribution is 5.87. The first kappa shape index (κ1) is 25.4. The minimum atomic E-state index is -4.73. The summed E-state index contributed by atoms with van der Waals surface area (Å²) in [7, 11) is 1.63. The summed E-state index contributed by atoms with van der Waals surface area (Å²) in [5.74, 6) is 0.443. The molecule has 3 aromatic rings. The maximum Gasteiger partial charge on any atom is 0.573 e. The molecule has 4 rings (SSSR count). The molecule has 0 radical (unpaired) electrons. The molecule has 0 amide bonds. The van der Waals surface area contributed by atoms with Crippen LogP contribution in [0.5, 0.6) is 5.75 Å². The lowest BCUT2D eigenvalue weighted by Crippen LogP contribution is -2.58. The van der Waals surface area contributed by atoms with Gasteiger partial charge in [-0.3, -0.25) is 9.47 Å². The lowest BCUT2D eigenvalue weighted by atomic mass is 9.98. The third kappa shape index (κ3) is 4.99. The molecule has 1 saturated heterocycles. The topological polar surface area (TPSA) is 67.9 Å². The third-order valence-electron chi connectivity index (χ3n) is 6.76. The van der Waals surface area contributed by atoms with Crippen LogP contribution in [0.4, 0.5) is 24.8 Å². The van der Waals surface area contributed by atoms with Gasteiger partial charge >= 0.3 is 12.1 Å². The minimum Gasteiger partial charge on any atom is -0.406 e. The second-order valence-electron chi connectivity index (χ2n) is 8.98. The van der Waals surface area contributed by atoms with Crippen LogP contribution in [0.25, 0.3) is 15.9 Å². The Morgan fingerprint density at radius 2 is 1.86 bits per heavy atom. The van der Waals surface area contributed by atoms with Crippen molar-refractivity contribution in [2.75, 3.05) is 18.0 Å². The molecule has 1 aliphatic heterocycles. The molecule has 0 aliphatic carbocycles. The maximum atomic E-state index is 12.6. The predicted molar refractivity (Wildman–Crippen MR) is 130 cm³/mol. The fourth-order valence-electron chi connectivity index (χ4n) is 4.80. The van der Waals surface area contributed by atoms with Crippen molar-refractivity contribution in [1.29, 1.82) is 0 Å². The lowest BCUT2D eigenvalue weighted by Gasteiger charge is -2.48. The van der Waals surface area contributed by atoms with Crippen LogP contribution in [0.1, 0.15) is 38.8 Å². The molecule has 1 aromatic carbocycles. The Morgan fingerprint density at radius 1 is 1.17 bits per heavy atom. The van der Waals surface area contributed by atoms with Gasteiger partial charge in [0.15, 0.2) is 5.82 Å². The summed E-state index contributed by atoms with van der Waals surface area (Å²) >= 11 is 0. The molecule has 1 aliphatic rings. The number of alkyl halides is 3. The number of aromatic nitrogens is 3. The van der Waals surface area contributed by atoms with E-state index in [0.29, 0.717) is 29.9 Å². The standard InChI is InChI=1S/C25H27F3N6O2/c1-6-18-14-33(23-22-20(32(5)24(35)31-23)11-12-21(29-4)30-22)15(2)13-34(18)16(3)17-7-9-19(10-8-17)36-25(26,27)28/h7-12,15-16,18H,6,13-14H2,1-3,5H3/t15-,16?,18+/m0/s1. The Hall–Kier alpha value is -3.65. The maximum absolute atomic E-state index is 12.6. The van der Waals surface area contributed by atoms with Gasteiger partial charge in [-0.15, -0.1) is 18.2 Å². The summed E-state index contributed by atoms with van der Waals surface area (Å²) in [5, 5.41) is 0. The number of fused-ring (bicyclic) bond motifs is 1. The zero-order chi connectivity index (χ0) is 26.2. The molecule has 0 saturated carbocycles. The molecule has 1 fully saturated rings. The van der Waals surface area contributed by atoms with Gasteiger partial charge in [-0.2, -0.15) is 4.98 Å². The fraction of sp³-hybridized carbons (Fsp3) is 0.440. The van der Waals surface area contributed by atoms with Crippen molar-refractivity contribution in [3.05, 3.63) is 63.9 Å². The molecular weight excluding hydrogens is 473 g/mol. The highest BCUT2D eigenvalue weighted by atomic mass is 19.4. The number of benzene rings is 1. The number of pyridine rings is 1. The minimum absolute atomic E-state index is 0.0377. The molecule has 190 valence electrons. The first-order valence-electron chi connectivity index (χ1n) is 11.7. The second-order valence-corrected chi connectivity index (χ2v) is 8.98. The smallest absolute Gasteiger partial charge is 0.406 e. The summed E-state index contributed by atoms with van der Waals surface area (Å²) < 4.78 is 43.0. The van der Waals surface area contributed by atoms with Gasteiger partial charge in [0.2, 0.25) is 5.52 Å². The van der Waals surface area contributed by atoms with Crippen LogP contribution in [-0.2, 0) is 7.05 Å². The van der Waals surface area contributed by atoms with Gasteiger partial charge in [0.1, 0.15) is 5.75 Å².